The molecule has 0 spiro atoms. The van der Waals surface area contributed by atoms with Crippen molar-refractivity contribution in [1.82, 2.24) is 10.6 Å². The second kappa shape index (κ2) is 5.83. The third-order valence-corrected chi connectivity index (χ3v) is 4.12. The van der Waals surface area contributed by atoms with Gasteiger partial charge in [0.05, 0.1) is 6.04 Å². The third kappa shape index (κ3) is 3.19. The summed E-state index contributed by atoms with van der Waals surface area (Å²) in [5.41, 5.74) is 0. The fourth-order valence-electron chi connectivity index (χ4n) is 2.98. The number of fused-ring (bicyclic) bond motifs is 1. The van der Waals surface area contributed by atoms with Crippen LogP contribution in [0.2, 0.25) is 0 Å². The molecule has 98 valence electrons. The Bertz CT molecular complexity index is 256. The molecule has 0 aromatic heterocycles. The minimum atomic E-state index is -0.00556. The number of nitrogens with one attached hydrogen (secondary N) is 2. The molecule has 1 aliphatic heterocycles. The smallest absolute Gasteiger partial charge is 0.237 e. The third-order valence-electron chi connectivity index (χ3n) is 4.12. The van der Waals surface area contributed by atoms with Gasteiger partial charge in [0.15, 0.2) is 0 Å². The van der Waals surface area contributed by atoms with Crippen molar-refractivity contribution in [2.75, 3.05) is 13.2 Å². The highest BCUT2D eigenvalue weighted by molar-refractivity contribution is 5.82. The highest BCUT2D eigenvalue weighted by atomic mass is 16.3. The Morgan fingerprint density at radius 3 is 2.94 bits per heavy atom. The van der Waals surface area contributed by atoms with E-state index in [0.717, 1.165) is 6.42 Å². The summed E-state index contributed by atoms with van der Waals surface area (Å²) in [6.45, 7) is 2.63. The lowest BCUT2D eigenvalue weighted by Crippen LogP contribution is -2.44. The SMILES string of the molecule is CC(CO)CNC(=O)C1CC2CCCCC2N1. The van der Waals surface area contributed by atoms with Gasteiger partial charge in [0.25, 0.3) is 0 Å². The van der Waals surface area contributed by atoms with Gasteiger partial charge in [-0.2, -0.15) is 0 Å². The van der Waals surface area contributed by atoms with Crippen LogP contribution in [-0.2, 0) is 4.79 Å². The Morgan fingerprint density at radius 2 is 2.24 bits per heavy atom. The summed E-state index contributed by atoms with van der Waals surface area (Å²) in [6.07, 6.45) is 6.10. The number of aliphatic hydroxyl groups excluding tert-OH is 1. The summed E-state index contributed by atoms with van der Waals surface area (Å²) in [5.74, 6) is 0.956. The lowest BCUT2D eigenvalue weighted by atomic mass is 9.85. The molecule has 1 heterocycles. The van der Waals surface area contributed by atoms with Crippen molar-refractivity contribution in [1.29, 1.82) is 0 Å². The summed E-state index contributed by atoms with van der Waals surface area (Å²) in [5, 5.41) is 15.3. The van der Waals surface area contributed by atoms with E-state index in [2.05, 4.69) is 10.6 Å². The second-order valence-electron chi connectivity index (χ2n) is 5.64. The van der Waals surface area contributed by atoms with Crippen molar-refractivity contribution in [3.63, 3.8) is 0 Å². The van der Waals surface area contributed by atoms with Gasteiger partial charge >= 0.3 is 0 Å². The monoisotopic (exact) mass is 240 g/mol. The predicted octanol–water partition coefficient (Wildman–Crippen LogP) is 0.652. The van der Waals surface area contributed by atoms with Gasteiger partial charge in [0, 0.05) is 19.2 Å². The Morgan fingerprint density at radius 1 is 1.47 bits per heavy atom. The van der Waals surface area contributed by atoms with Crippen LogP contribution in [0.4, 0.5) is 0 Å². The Hall–Kier alpha value is -0.610. The van der Waals surface area contributed by atoms with E-state index in [4.69, 9.17) is 5.11 Å². The minimum Gasteiger partial charge on any atom is -0.396 e. The normalized spacial score (nSPS) is 34.1. The zero-order chi connectivity index (χ0) is 12.3. The molecule has 3 N–H and O–H groups in total. The van der Waals surface area contributed by atoms with Gasteiger partial charge in [-0.05, 0) is 31.1 Å². The zero-order valence-corrected chi connectivity index (χ0v) is 10.6. The largest absolute Gasteiger partial charge is 0.396 e. The fourth-order valence-corrected chi connectivity index (χ4v) is 2.98. The topological polar surface area (TPSA) is 61.4 Å². The molecule has 4 unspecified atom stereocenters. The van der Waals surface area contributed by atoms with E-state index in [1.165, 1.54) is 25.7 Å². The van der Waals surface area contributed by atoms with Gasteiger partial charge in [-0.1, -0.05) is 19.8 Å². The number of amides is 1. The van der Waals surface area contributed by atoms with Crippen molar-refractivity contribution < 1.29 is 9.90 Å². The van der Waals surface area contributed by atoms with Crippen LogP contribution in [0.5, 0.6) is 0 Å². The van der Waals surface area contributed by atoms with Gasteiger partial charge in [0.2, 0.25) is 5.91 Å². The Balaban J connectivity index is 1.77. The molecule has 1 saturated carbocycles. The number of hydrogen-bond donors (Lipinski definition) is 3. The maximum Gasteiger partial charge on any atom is 0.237 e. The van der Waals surface area contributed by atoms with Gasteiger partial charge in [-0.15, -0.1) is 0 Å². The van der Waals surface area contributed by atoms with Crippen molar-refractivity contribution in [3.05, 3.63) is 0 Å². The van der Waals surface area contributed by atoms with Crippen molar-refractivity contribution in [3.8, 4) is 0 Å². The van der Waals surface area contributed by atoms with E-state index in [-0.39, 0.29) is 24.5 Å². The summed E-state index contributed by atoms with van der Waals surface area (Å²) >= 11 is 0. The van der Waals surface area contributed by atoms with Crippen molar-refractivity contribution >= 4 is 5.91 Å². The van der Waals surface area contributed by atoms with Gasteiger partial charge in [0.1, 0.15) is 0 Å². The second-order valence-corrected chi connectivity index (χ2v) is 5.64. The molecule has 2 fully saturated rings. The van der Waals surface area contributed by atoms with E-state index in [1.54, 1.807) is 0 Å². The molecule has 0 radical (unpaired) electrons. The van der Waals surface area contributed by atoms with E-state index in [1.807, 2.05) is 6.92 Å². The van der Waals surface area contributed by atoms with Gasteiger partial charge in [-0.3, -0.25) is 4.79 Å². The molecule has 0 aromatic carbocycles. The van der Waals surface area contributed by atoms with Crippen molar-refractivity contribution in [2.45, 2.75) is 51.1 Å². The van der Waals surface area contributed by atoms with E-state index in [9.17, 15) is 4.79 Å². The van der Waals surface area contributed by atoms with Gasteiger partial charge in [-0.25, -0.2) is 0 Å². The lowest BCUT2D eigenvalue weighted by molar-refractivity contribution is -0.123. The molecule has 2 rings (SSSR count). The number of hydrogen-bond acceptors (Lipinski definition) is 3. The molecule has 0 aromatic rings. The molecular formula is C13H24N2O2. The molecule has 1 aliphatic carbocycles. The maximum absolute atomic E-state index is 12.0. The average molecular weight is 240 g/mol. The molecule has 4 heteroatoms. The van der Waals surface area contributed by atoms with Gasteiger partial charge < -0.3 is 15.7 Å². The first-order valence-corrected chi connectivity index (χ1v) is 6.85. The summed E-state index contributed by atoms with van der Waals surface area (Å²) in [7, 11) is 0. The maximum atomic E-state index is 12.0. The Kier molecular flexibility index (Phi) is 4.40. The zero-order valence-electron chi connectivity index (χ0n) is 10.6. The molecule has 4 atom stereocenters. The number of aliphatic hydroxyl groups is 1. The highest BCUT2D eigenvalue weighted by Gasteiger charge is 2.37. The number of rotatable bonds is 4. The lowest BCUT2D eigenvalue weighted by Gasteiger charge is -2.24. The van der Waals surface area contributed by atoms with Crippen molar-refractivity contribution in [2.24, 2.45) is 11.8 Å². The molecule has 2 aliphatic rings. The predicted molar refractivity (Wildman–Crippen MR) is 66.5 cm³/mol. The fraction of sp³-hybridized carbons (Fsp3) is 0.923. The quantitative estimate of drug-likeness (QED) is 0.676. The summed E-state index contributed by atoms with van der Waals surface area (Å²) in [6, 6.07) is 0.559. The van der Waals surface area contributed by atoms with Crippen LogP contribution in [0.25, 0.3) is 0 Å². The number of carbonyl (C=O) groups is 1. The molecular weight excluding hydrogens is 216 g/mol. The van der Waals surface area contributed by atoms with E-state index in [0.29, 0.717) is 18.5 Å². The highest BCUT2D eigenvalue weighted by Crippen LogP contribution is 2.33. The van der Waals surface area contributed by atoms with E-state index < -0.39 is 0 Å². The minimum absolute atomic E-state index is 0.00556. The van der Waals surface area contributed by atoms with Crippen LogP contribution in [0.1, 0.15) is 39.0 Å². The molecule has 0 bridgehead atoms. The standard InChI is InChI=1S/C13H24N2O2/c1-9(8-16)7-14-13(17)12-6-10-4-2-3-5-11(10)15-12/h9-12,15-16H,2-8H2,1H3,(H,14,17). The van der Waals surface area contributed by atoms with Crippen LogP contribution in [0, 0.1) is 11.8 Å². The average Bonchev–Trinajstić information content (AvgIpc) is 2.79. The van der Waals surface area contributed by atoms with Crippen LogP contribution in [-0.4, -0.2) is 36.2 Å². The first kappa shape index (κ1) is 12.8. The first-order valence-electron chi connectivity index (χ1n) is 6.85. The molecule has 1 amide bonds. The van der Waals surface area contributed by atoms with Crippen LogP contribution >= 0.6 is 0 Å². The summed E-state index contributed by atoms with van der Waals surface area (Å²) in [4.78, 5) is 12.0. The number of carbonyl (C=O) groups excluding carboxylic acids is 1. The van der Waals surface area contributed by atoms with E-state index >= 15 is 0 Å². The van der Waals surface area contributed by atoms with Crippen LogP contribution in [0.15, 0.2) is 0 Å². The Labute approximate surface area is 103 Å². The van der Waals surface area contributed by atoms with Crippen LogP contribution < -0.4 is 10.6 Å². The summed E-state index contributed by atoms with van der Waals surface area (Å²) < 4.78 is 0. The molecule has 1 saturated heterocycles. The van der Waals surface area contributed by atoms with Crippen LogP contribution in [0.3, 0.4) is 0 Å². The molecule has 17 heavy (non-hydrogen) atoms. The first-order chi connectivity index (χ1) is 8.20. The molecule has 4 nitrogen and oxygen atoms in total.